The number of hydrogen-bond donors (Lipinski definition) is 0. The lowest BCUT2D eigenvalue weighted by atomic mass is 10.1. The second kappa shape index (κ2) is 7.75. The largest absolute Gasteiger partial charge is 0.473 e. The molecule has 2 aromatic heterocycles. The molecular formula is C20H20FN5O2. The van der Waals surface area contributed by atoms with Gasteiger partial charge in [-0.1, -0.05) is 0 Å². The van der Waals surface area contributed by atoms with E-state index >= 15 is 0 Å². The van der Waals surface area contributed by atoms with Crippen molar-refractivity contribution in [2.75, 3.05) is 13.1 Å². The lowest BCUT2D eigenvalue weighted by Crippen LogP contribution is -2.42. The first-order valence-corrected chi connectivity index (χ1v) is 9.12. The van der Waals surface area contributed by atoms with Gasteiger partial charge < -0.3 is 9.64 Å². The number of carbonyl (C=O) groups excluding carboxylic acids is 1. The van der Waals surface area contributed by atoms with Crippen LogP contribution in [0.1, 0.15) is 23.3 Å². The smallest absolute Gasteiger partial charge is 0.272 e. The Morgan fingerprint density at radius 1 is 1.18 bits per heavy atom. The third-order valence-electron chi connectivity index (χ3n) is 4.80. The van der Waals surface area contributed by atoms with Gasteiger partial charge in [-0.3, -0.25) is 14.5 Å². The predicted octanol–water partition coefficient (Wildman–Crippen LogP) is 2.70. The monoisotopic (exact) mass is 381 g/mol. The van der Waals surface area contributed by atoms with E-state index in [1.807, 2.05) is 4.90 Å². The number of benzene rings is 1. The molecular weight excluding hydrogens is 361 g/mol. The lowest BCUT2D eigenvalue weighted by Gasteiger charge is -2.31. The van der Waals surface area contributed by atoms with E-state index in [0.717, 1.165) is 18.4 Å². The standard InChI is InChI=1S/C20H20FN5O2/c1-25-18(12-17(24-25)14-2-4-15(21)5-3-14)20(27)26-10-6-16(7-11-26)28-19-13-22-8-9-23-19/h2-5,8-9,12-13,16H,6-7,10-11H2,1H3. The average Bonchev–Trinajstić information content (AvgIpc) is 3.11. The van der Waals surface area contributed by atoms with Crippen molar-refractivity contribution in [1.29, 1.82) is 0 Å². The molecule has 1 aliphatic rings. The van der Waals surface area contributed by atoms with Crippen molar-refractivity contribution < 1.29 is 13.9 Å². The Morgan fingerprint density at radius 3 is 2.61 bits per heavy atom. The molecule has 0 saturated carbocycles. The molecule has 1 aromatic carbocycles. The Labute approximate surface area is 161 Å². The summed E-state index contributed by atoms with van der Waals surface area (Å²) in [6.07, 6.45) is 6.25. The van der Waals surface area contributed by atoms with Crippen molar-refractivity contribution >= 4 is 5.91 Å². The minimum atomic E-state index is -0.303. The molecule has 28 heavy (non-hydrogen) atoms. The summed E-state index contributed by atoms with van der Waals surface area (Å²) in [6, 6.07) is 7.82. The number of halogens is 1. The van der Waals surface area contributed by atoms with Crippen LogP contribution in [0.3, 0.4) is 0 Å². The van der Waals surface area contributed by atoms with Crippen molar-refractivity contribution in [3.05, 3.63) is 60.4 Å². The van der Waals surface area contributed by atoms with Gasteiger partial charge in [-0.05, 0) is 30.3 Å². The summed E-state index contributed by atoms with van der Waals surface area (Å²) in [6.45, 7) is 1.20. The van der Waals surface area contributed by atoms with Crippen LogP contribution in [0.5, 0.6) is 5.88 Å². The van der Waals surface area contributed by atoms with Crippen LogP contribution in [0.2, 0.25) is 0 Å². The van der Waals surface area contributed by atoms with Gasteiger partial charge in [0.15, 0.2) is 0 Å². The Kier molecular flexibility index (Phi) is 5.01. The van der Waals surface area contributed by atoms with Crippen molar-refractivity contribution in [1.82, 2.24) is 24.6 Å². The van der Waals surface area contributed by atoms with Crippen molar-refractivity contribution in [2.45, 2.75) is 18.9 Å². The van der Waals surface area contributed by atoms with E-state index in [1.165, 1.54) is 12.1 Å². The van der Waals surface area contributed by atoms with E-state index in [-0.39, 0.29) is 17.8 Å². The number of piperidine rings is 1. The molecule has 144 valence electrons. The first-order valence-electron chi connectivity index (χ1n) is 9.12. The predicted molar refractivity (Wildman–Crippen MR) is 100 cm³/mol. The highest BCUT2D eigenvalue weighted by Gasteiger charge is 2.27. The van der Waals surface area contributed by atoms with Crippen molar-refractivity contribution in [2.24, 2.45) is 7.05 Å². The molecule has 0 aliphatic carbocycles. The third kappa shape index (κ3) is 3.85. The summed E-state index contributed by atoms with van der Waals surface area (Å²) in [5.41, 5.74) is 1.92. The van der Waals surface area contributed by atoms with Crippen LogP contribution in [0, 0.1) is 5.82 Å². The maximum Gasteiger partial charge on any atom is 0.272 e. The molecule has 3 heterocycles. The van der Waals surface area contributed by atoms with Gasteiger partial charge in [0.25, 0.3) is 5.91 Å². The zero-order chi connectivity index (χ0) is 19.5. The molecule has 8 heteroatoms. The van der Waals surface area contributed by atoms with Crippen molar-refractivity contribution in [3.63, 3.8) is 0 Å². The van der Waals surface area contributed by atoms with Gasteiger partial charge in [-0.15, -0.1) is 0 Å². The SMILES string of the molecule is Cn1nc(-c2ccc(F)cc2)cc1C(=O)N1CCC(Oc2cnccn2)CC1. The van der Waals surface area contributed by atoms with Crippen LogP contribution in [0.25, 0.3) is 11.3 Å². The van der Waals surface area contributed by atoms with Crippen LogP contribution < -0.4 is 4.74 Å². The molecule has 3 aromatic rings. The Morgan fingerprint density at radius 2 is 1.93 bits per heavy atom. The summed E-state index contributed by atoms with van der Waals surface area (Å²) >= 11 is 0. The number of rotatable bonds is 4. The van der Waals surface area contributed by atoms with Crippen LogP contribution in [-0.4, -0.2) is 49.7 Å². The molecule has 1 amide bonds. The number of hydrogen-bond acceptors (Lipinski definition) is 5. The number of amides is 1. The average molecular weight is 381 g/mol. The molecule has 4 rings (SSSR count). The van der Waals surface area contributed by atoms with Gasteiger partial charge in [-0.2, -0.15) is 5.10 Å². The van der Waals surface area contributed by atoms with Gasteiger partial charge in [0.2, 0.25) is 5.88 Å². The molecule has 1 aliphatic heterocycles. The molecule has 1 saturated heterocycles. The minimum Gasteiger partial charge on any atom is -0.473 e. The molecule has 0 atom stereocenters. The first-order chi connectivity index (χ1) is 13.6. The molecule has 0 N–H and O–H groups in total. The maximum atomic E-state index is 13.1. The van der Waals surface area contributed by atoms with Gasteiger partial charge >= 0.3 is 0 Å². The van der Waals surface area contributed by atoms with Crippen LogP contribution in [0.4, 0.5) is 4.39 Å². The van der Waals surface area contributed by atoms with E-state index in [0.29, 0.717) is 30.4 Å². The van der Waals surface area contributed by atoms with Gasteiger partial charge in [-0.25, -0.2) is 9.37 Å². The van der Waals surface area contributed by atoms with E-state index < -0.39 is 0 Å². The number of carbonyl (C=O) groups is 1. The van der Waals surface area contributed by atoms with Gasteiger partial charge in [0.1, 0.15) is 17.6 Å². The Hall–Kier alpha value is -3.29. The highest BCUT2D eigenvalue weighted by atomic mass is 19.1. The van der Waals surface area contributed by atoms with Crippen molar-refractivity contribution in [3.8, 4) is 17.1 Å². The second-order valence-corrected chi connectivity index (χ2v) is 6.70. The number of aryl methyl sites for hydroxylation is 1. The summed E-state index contributed by atoms with van der Waals surface area (Å²) in [7, 11) is 1.74. The first kappa shape index (κ1) is 18.1. The number of aromatic nitrogens is 4. The number of likely N-dealkylation sites (tertiary alicyclic amines) is 1. The Bertz CT molecular complexity index is 950. The van der Waals surface area contributed by atoms with E-state index in [4.69, 9.17) is 4.74 Å². The van der Waals surface area contributed by atoms with Crippen LogP contribution in [0.15, 0.2) is 48.9 Å². The van der Waals surface area contributed by atoms with E-state index in [1.54, 1.807) is 48.5 Å². The lowest BCUT2D eigenvalue weighted by molar-refractivity contribution is 0.0577. The molecule has 0 unspecified atom stereocenters. The molecule has 0 bridgehead atoms. The number of nitrogens with zero attached hydrogens (tertiary/aromatic N) is 5. The third-order valence-corrected chi connectivity index (χ3v) is 4.80. The fourth-order valence-corrected chi connectivity index (χ4v) is 3.28. The zero-order valence-electron chi connectivity index (χ0n) is 15.5. The Balaban J connectivity index is 1.41. The van der Waals surface area contributed by atoms with E-state index in [2.05, 4.69) is 15.1 Å². The zero-order valence-corrected chi connectivity index (χ0v) is 15.5. The molecule has 1 fully saturated rings. The summed E-state index contributed by atoms with van der Waals surface area (Å²) in [4.78, 5) is 22.8. The second-order valence-electron chi connectivity index (χ2n) is 6.70. The van der Waals surface area contributed by atoms with Crippen LogP contribution in [-0.2, 0) is 7.05 Å². The maximum absolute atomic E-state index is 13.1. The molecule has 0 radical (unpaired) electrons. The fourth-order valence-electron chi connectivity index (χ4n) is 3.28. The quantitative estimate of drug-likeness (QED) is 0.695. The summed E-state index contributed by atoms with van der Waals surface area (Å²) < 4.78 is 20.5. The van der Waals surface area contributed by atoms with Gasteiger partial charge in [0, 0.05) is 50.9 Å². The minimum absolute atomic E-state index is 0.0158. The summed E-state index contributed by atoms with van der Waals surface area (Å²) in [5, 5.41) is 4.40. The molecule has 0 spiro atoms. The number of ether oxygens (including phenoxy) is 1. The normalized spacial score (nSPS) is 14.9. The van der Waals surface area contributed by atoms with E-state index in [9.17, 15) is 9.18 Å². The fraction of sp³-hybridized carbons (Fsp3) is 0.300. The molecule has 7 nitrogen and oxygen atoms in total. The van der Waals surface area contributed by atoms with Crippen LogP contribution >= 0.6 is 0 Å². The van der Waals surface area contributed by atoms with Gasteiger partial charge in [0.05, 0.1) is 11.9 Å². The summed E-state index contributed by atoms with van der Waals surface area (Å²) in [5.74, 6) is 0.131. The highest BCUT2D eigenvalue weighted by Crippen LogP contribution is 2.22. The topological polar surface area (TPSA) is 73.1 Å². The highest BCUT2D eigenvalue weighted by molar-refractivity contribution is 5.93.